The standard InChI is InChI=1S/C12H13BrF3NO2/c13-10-7-8(3-4-9(10)11(18)19)17-6-2-1-5-12(14,15)16/h3-4,7,17H,1-2,5-6H2,(H,18,19). The molecule has 0 bridgehead atoms. The molecule has 0 aliphatic heterocycles. The summed E-state index contributed by atoms with van der Waals surface area (Å²) >= 11 is 3.13. The molecule has 0 unspecified atom stereocenters. The van der Waals surface area contributed by atoms with Crippen molar-refractivity contribution >= 4 is 27.6 Å². The van der Waals surface area contributed by atoms with Crippen molar-refractivity contribution in [2.75, 3.05) is 11.9 Å². The van der Waals surface area contributed by atoms with Gasteiger partial charge in [0.2, 0.25) is 0 Å². The largest absolute Gasteiger partial charge is 0.478 e. The van der Waals surface area contributed by atoms with Crippen LogP contribution in [0, 0.1) is 0 Å². The number of nitrogens with one attached hydrogen (secondary N) is 1. The first-order valence-electron chi connectivity index (χ1n) is 5.63. The second-order valence-corrected chi connectivity index (χ2v) is 4.85. The van der Waals surface area contributed by atoms with Gasteiger partial charge in [-0.25, -0.2) is 4.79 Å². The lowest BCUT2D eigenvalue weighted by molar-refractivity contribution is -0.135. The number of rotatable bonds is 6. The molecule has 0 aromatic heterocycles. The number of unbranched alkanes of at least 4 members (excludes halogenated alkanes) is 1. The van der Waals surface area contributed by atoms with Gasteiger partial charge in [-0.05, 0) is 47.0 Å². The average Bonchev–Trinajstić information content (AvgIpc) is 2.26. The highest BCUT2D eigenvalue weighted by Crippen LogP contribution is 2.23. The highest BCUT2D eigenvalue weighted by molar-refractivity contribution is 9.10. The van der Waals surface area contributed by atoms with E-state index in [9.17, 15) is 18.0 Å². The first-order valence-corrected chi connectivity index (χ1v) is 6.42. The fourth-order valence-corrected chi connectivity index (χ4v) is 2.03. The van der Waals surface area contributed by atoms with Gasteiger partial charge in [-0.15, -0.1) is 0 Å². The van der Waals surface area contributed by atoms with E-state index in [-0.39, 0.29) is 12.0 Å². The van der Waals surface area contributed by atoms with Gasteiger partial charge >= 0.3 is 12.1 Å². The number of alkyl halides is 3. The number of carboxylic acid groups (broad SMARTS) is 1. The molecule has 0 aliphatic rings. The molecule has 0 saturated carbocycles. The molecule has 0 spiro atoms. The molecule has 0 fully saturated rings. The Bertz CT molecular complexity index is 449. The van der Waals surface area contributed by atoms with Crippen LogP contribution in [0.25, 0.3) is 0 Å². The topological polar surface area (TPSA) is 49.3 Å². The first-order chi connectivity index (χ1) is 8.79. The van der Waals surface area contributed by atoms with E-state index < -0.39 is 18.6 Å². The minimum Gasteiger partial charge on any atom is -0.478 e. The zero-order valence-corrected chi connectivity index (χ0v) is 11.5. The molecule has 2 N–H and O–H groups in total. The summed E-state index contributed by atoms with van der Waals surface area (Å²) < 4.78 is 36.1. The number of hydrogen-bond donors (Lipinski definition) is 2. The van der Waals surface area contributed by atoms with Gasteiger partial charge in [0.05, 0.1) is 5.56 Å². The van der Waals surface area contributed by atoms with E-state index in [0.29, 0.717) is 23.1 Å². The minimum atomic E-state index is -4.10. The van der Waals surface area contributed by atoms with E-state index in [2.05, 4.69) is 21.2 Å². The Labute approximate surface area is 116 Å². The van der Waals surface area contributed by atoms with Crippen molar-refractivity contribution in [1.29, 1.82) is 0 Å². The molecule has 106 valence electrons. The highest BCUT2D eigenvalue weighted by Gasteiger charge is 2.25. The van der Waals surface area contributed by atoms with Crippen LogP contribution in [0.3, 0.4) is 0 Å². The van der Waals surface area contributed by atoms with E-state index in [4.69, 9.17) is 5.11 Å². The molecule has 0 heterocycles. The maximum Gasteiger partial charge on any atom is 0.389 e. The average molecular weight is 340 g/mol. The van der Waals surface area contributed by atoms with Crippen LogP contribution in [0.2, 0.25) is 0 Å². The van der Waals surface area contributed by atoms with Gasteiger partial charge in [0, 0.05) is 23.1 Å². The summed E-state index contributed by atoms with van der Waals surface area (Å²) in [6, 6.07) is 4.61. The van der Waals surface area contributed by atoms with Crippen LogP contribution in [0.4, 0.5) is 18.9 Å². The minimum absolute atomic E-state index is 0.0743. The first kappa shape index (κ1) is 15.8. The molecular formula is C12H13BrF3NO2. The Morgan fingerprint density at radius 1 is 1.32 bits per heavy atom. The quantitative estimate of drug-likeness (QED) is 0.760. The van der Waals surface area contributed by atoms with E-state index in [1.807, 2.05) is 0 Å². The maximum atomic E-state index is 11.9. The number of aromatic carboxylic acids is 1. The summed E-state index contributed by atoms with van der Waals surface area (Å²) in [4.78, 5) is 10.8. The monoisotopic (exact) mass is 339 g/mol. The number of halogens is 4. The van der Waals surface area contributed by atoms with Crippen molar-refractivity contribution < 1.29 is 23.1 Å². The zero-order chi connectivity index (χ0) is 14.5. The fraction of sp³-hybridized carbons (Fsp3) is 0.417. The van der Waals surface area contributed by atoms with Crippen molar-refractivity contribution in [2.45, 2.75) is 25.4 Å². The van der Waals surface area contributed by atoms with Crippen molar-refractivity contribution in [1.82, 2.24) is 0 Å². The lowest BCUT2D eigenvalue weighted by Gasteiger charge is -2.09. The van der Waals surface area contributed by atoms with E-state index in [1.54, 1.807) is 12.1 Å². The summed E-state index contributed by atoms with van der Waals surface area (Å²) in [5.41, 5.74) is 0.812. The summed E-state index contributed by atoms with van der Waals surface area (Å²) in [6.45, 7) is 0.412. The van der Waals surface area contributed by atoms with Gasteiger partial charge < -0.3 is 10.4 Å². The van der Waals surface area contributed by atoms with Crippen LogP contribution in [0.1, 0.15) is 29.6 Å². The van der Waals surface area contributed by atoms with Crippen LogP contribution >= 0.6 is 15.9 Å². The number of carbonyl (C=O) groups is 1. The number of carboxylic acids is 1. The molecule has 1 rings (SSSR count). The number of anilines is 1. The Morgan fingerprint density at radius 3 is 2.53 bits per heavy atom. The molecule has 1 aromatic rings. The summed E-state index contributed by atoms with van der Waals surface area (Å²) in [6.07, 6.45) is -4.41. The molecule has 0 aliphatic carbocycles. The smallest absolute Gasteiger partial charge is 0.389 e. The van der Waals surface area contributed by atoms with Gasteiger partial charge in [0.1, 0.15) is 0 Å². The van der Waals surface area contributed by atoms with Crippen molar-refractivity contribution in [3.05, 3.63) is 28.2 Å². The van der Waals surface area contributed by atoms with E-state index in [0.717, 1.165) is 0 Å². The Morgan fingerprint density at radius 2 is 2.00 bits per heavy atom. The summed E-state index contributed by atoms with van der Waals surface area (Å²) in [7, 11) is 0. The van der Waals surface area contributed by atoms with Crippen LogP contribution < -0.4 is 5.32 Å². The highest BCUT2D eigenvalue weighted by atomic mass is 79.9. The Balaban J connectivity index is 2.38. The Kier molecular flexibility index (Phi) is 5.65. The molecule has 0 saturated heterocycles. The number of benzene rings is 1. The fourth-order valence-electron chi connectivity index (χ4n) is 1.48. The lowest BCUT2D eigenvalue weighted by atomic mass is 10.2. The van der Waals surface area contributed by atoms with E-state index >= 15 is 0 Å². The lowest BCUT2D eigenvalue weighted by Crippen LogP contribution is -2.09. The second kappa shape index (κ2) is 6.79. The second-order valence-electron chi connectivity index (χ2n) is 4.00. The Hall–Kier alpha value is -1.24. The van der Waals surface area contributed by atoms with Crippen molar-refractivity contribution in [3.8, 4) is 0 Å². The number of hydrogen-bond acceptors (Lipinski definition) is 2. The van der Waals surface area contributed by atoms with Gasteiger partial charge in [0.25, 0.3) is 0 Å². The molecule has 3 nitrogen and oxygen atoms in total. The van der Waals surface area contributed by atoms with Crippen LogP contribution in [-0.2, 0) is 0 Å². The molecule has 0 atom stereocenters. The molecule has 0 amide bonds. The van der Waals surface area contributed by atoms with Gasteiger partial charge in [-0.2, -0.15) is 13.2 Å². The van der Waals surface area contributed by atoms with Gasteiger partial charge in [0.15, 0.2) is 0 Å². The zero-order valence-electron chi connectivity index (χ0n) is 9.93. The molecule has 19 heavy (non-hydrogen) atoms. The normalized spacial score (nSPS) is 11.4. The van der Waals surface area contributed by atoms with E-state index in [1.165, 1.54) is 6.07 Å². The maximum absolute atomic E-state index is 11.9. The molecule has 7 heteroatoms. The third-order valence-corrected chi connectivity index (χ3v) is 3.07. The summed E-state index contributed by atoms with van der Waals surface area (Å²) in [5, 5.41) is 11.8. The molecule has 0 radical (unpaired) electrons. The predicted octanol–water partition coefficient (Wildman–Crippen LogP) is 4.29. The third-order valence-electron chi connectivity index (χ3n) is 2.42. The molecular weight excluding hydrogens is 327 g/mol. The summed E-state index contributed by atoms with van der Waals surface area (Å²) in [5.74, 6) is -1.04. The van der Waals surface area contributed by atoms with Crippen LogP contribution in [0.15, 0.2) is 22.7 Å². The van der Waals surface area contributed by atoms with Gasteiger partial charge in [-0.1, -0.05) is 0 Å². The third kappa shape index (κ3) is 5.96. The predicted molar refractivity (Wildman–Crippen MR) is 69.5 cm³/mol. The van der Waals surface area contributed by atoms with Gasteiger partial charge in [-0.3, -0.25) is 0 Å². The van der Waals surface area contributed by atoms with Crippen LogP contribution in [-0.4, -0.2) is 23.8 Å². The van der Waals surface area contributed by atoms with Crippen LogP contribution in [0.5, 0.6) is 0 Å². The van der Waals surface area contributed by atoms with Crippen molar-refractivity contribution in [2.24, 2.45) is 0 Å². The SMILES string of the molecule is O=C(O)c1ccc(NCCCCC(F)(F)F)cc1Br. The molecule has 1 aromatic carbocycles. The van der Waals surface area contributed by atoms with Crippen molar-refractivity contribution in [3.63, 3.8) is 0 Å².